The van der Waals surface area contributed by atoms with Crippen LogP contribution in [0.15, 0.2) is 70.3 Å². The smallest absolute Gasteiger partial charge is 0.341 e. The van der Waals surface area contributed by atoms with Crippen molar-refractivity contribution in [3.05, 3.63) is 82.8 Å². The lowest BCUT2D eigenvalue weighted by atomic mass is 10.1. The molecule has 0 bridgehead atoms. The third-order valence-corrected chi connectivity index (χ3v) is 4.05. The summed E-state index contributed by atoms with van der Waals surface area (Å²) in [4.78, 5) is 25.1. The van der Waals surface area contributed by atoms with E-state index in [9.17, 15) is 9.59 Å². The molecule has 0 spiro atoms. The molecule has 1 aromatic carbocycles. The molecule has 4 rings (SSSR count). The molecule has 7 heteroatoms. The second-order valence-electron chi connectivity index (χ2n) is 5.73. The molecule has 2 aromatic rings. The first-order valence-corrected chi connectivity index (χ1v) is 7.96. The summed E-state index contributed by atoms with van der Waals surface area (Å²) in [5.41, 5.74) is 1.19. The minimum Gasteiger partial charge on any atom is -0.467 e. The van der Waals surface area contributed by atoms with E-state index in [0.29, 0.717) is 29.2 Å². The number of benzene rings is 1. The number of nitrogens with zero attached hydrogens (tertiary/aromatic N) is 3. The van der Waals surface area contributed by atoms with Crippen molar-refractivity contribution in [1.82, 2.24) is 14.3 Å². The zero-order valence-corrected chi connectivity index (χ0v) is 14.0. The van der Waals surface area contributed by atoms with Crippen LogP contribution in [0.4, 0.5) is 0 Å². The molecule has 0 saturated carbocycles. The van der Waals surface area contributed by atoms with Crippen LogP contribution in [0.3, 0.4) is 0 Å². The van der Waals surface area contributed by atoms with Crippen LogP contribution >= 0.6 is 0 Å². The fourth-order valence-corrected chi connectivity index (χ4v) is 2.84. The summed E-state index contributed by atoms with van der Waals surface area (Å²) in [5, 5.41) is 4.36. The number of hydrogen-bond donors (Lipinski definition) is 0. The lowest BCUT2D eigenvalue weighted by molar-refractivity contribution is 0.0600. The SMILES string of the molecule is COC(=O)c1cn(Cc2ccco2)cc2c(=O)n(-c3ccccc3)nc1-2. The van der Waals surface area contributed by atoms with Crippen LogP contribution in [0.25, 0.3) is 16.9 Å². The lowest BCUT2D eigenvalue weighted by Gasteiger charge is -2.10. The van der Waals surface area contributed by atoms with Gasteiger partial charge in [-0.1, -0.05) is 18.2 Å². The van der Waals surface area contributed by atoms with Crippen molar-refractivity contribution in [3.63, 3.8) is 0 Å². The van der Waals surface area contributed by atoms with Crippen LogP contribution < -0.4 is 5.56 Å². The largest absolute Gasteiger partial charge is 0.467 e. The van der Waals surface area contributed by atoms with E-state index in [1.165, 1.54) is 11.8 Å². The second-order valence-corrected chi connectivity index (χ2v) is 5.73. The number of esters is 1. The molecule has 2 aliphatic heterocycles. The lowest BCUT2D eigenvalue weighted by Crippen LogP contribution is -2.15. The molecule has 26 heavy (non-hydrogen) atoms. The van der Waals surface area contributed by atoms with Gasteiger partial charge < -0.3 is 13.7 Å². The Kier molecular flexibility index (Phi) is 3.89. The first kappa shape index (κ1) is 15.9. The summed E-state index contributed by atoms with van der Waals surface area (Å²) in [6.07, 6.45) is 4.85. The molecule has 0 N–H and O–H groups in total. The van der Waals surface area contributed by atoms with Gasteiger partial charge in [-0.25, -0.2) is 4.79 Å². The van der Waals surface area contributed by atoms with Gasteiger partial charge in [0.15, 0.2) is 0 Å². The van der Waals surface area contributed by atoms with E-state index in [0.717, 1.165) is 0 Å². The number of aromatic nitrogens is 3. The standard InChI is InChI=1S/C19H15N3O4/c1-25-19(24)16-12-21(10-14-8-5-9-26-14)11-15-17(16)20-22(18(15)23)13-6-3-2-4-7-13/h2-9,11-12H,10H2,1H3. The number of ether oxygens (including phenoxy) is 1. The van der Waals surface area contributed by atoms with Crippen LogP contribution in [-0.2, 0) is 11.3 Å². The molecule has 0 aliphatic carbocycles. The zero-order chi connectivity index (χ0) is 18.1. The van der Waals surface area contributed by atoms with Gasteiger partial charge in [-0.15, -0.1) is 0 Å². The van der Waals surface area contributed by atoms with E-state index in [1.807, 2.05) is 24.3 Å². The van der Waals surface area contributed by atoms with Gasteiger partial charge in [0, 0.05) is 12.4 Å². The van der Waals surface area contributed by atoms with Gasteiger partial charge in [-0.2, -0.15) is 9.78 Å². The maximum Gasteiger partial charge on any atom is 0.341 e. The fraction of sp³-hybridized carbons (Fsp3) is 0.105. The Bertz CT molecular complexity index is 1080. The third-order valence-electron chi connectivity index (χ3n) is 4.05. The van der Waals surface area contributed by atoms with Crippen molar-refractivity contribution in [2.75, 3.05) is 7.11 Å². The summed E-state index contributed by atoms with van der Waals surface area (Å²) in [7, 11) is 1.30. The predicted molar refractivity (Wildman–Crippen MR) is 93.6 cm³/mol. The summed E-state index contributed by atoms with van der Waals surface area (Å²) in [6, 6.07) is 12.7. The highest BCUT2D eigenvalue weighted by atomic mass is 16.5. The van der Waals surface area contributed by atoms with Gasteiger partial charge in [0.2, 0.25) is 0 Å². The molecule has 0 saturated heterocycles. The van der Waals surface area contributed by atoms with E-state index < -0.39 is 5.97 Å². The molecule has 0 amide bonds. The number of pyridine rings is 1. The van der Waals surface area contributed by atoms with Crippen LogP contribution in [0.2, 0.25) is 0 Å². The highest BCUT2D eigenvalue weighted by Gasteiger charge is 2.25. The second kappa shape index (κ2) is 6.36. The molecule has 7 nitrogen and oxygen atoms in total. The van der Waals surface area contributed by atoms with E-state index in [4.69, 9.17) is 9.15 Å². The van der Waals surface area contributed by atoms with Crippen LogP contribution in [-0.4, -0.2) is 27.4 Å². The molecule has 2 aliphatic rings. The highest BCUT2D eigenvalue weighted by molar-refractivity contribution is 5.96. The summed E-state index contributed by atoms with van der Waals surface area (Å²) < 4.78 is 13.2. The predicted octanol–water partition coefficient (Wildman–Crippen LogP) is 2.57. The number of furan rings is 1. The van der Waals surface area contributed by atoms with Crippen LogP contribution in [0.1, 0.15) is 16.1 Å². The minimum absolute atomic E-state index is 0.225. The summed E-state index contributed by atoms with van der Waals surface area (Å²) >= 11 is 0. The number of hydrogen-bond acceptors (Lipinski definition) is 5. The molecule has 1 aromatic heterocycles. The molecule has 130 valence electrons. The van der Waals surface area contributed by atoms with Crippen molar-refractivity contribution in [1.29, 1.82) is 0 Å². The monoisotopic (exact) mass is 349 g/mol. The van der Waals surface area contributed by atoms with Gasteiger partial charge in [0.1, 0.15) is 17.0 Å². The third kappa shape index (κ3) is 2.69. The Morgan fingerprint density at radius 2 is 1.96 bits per heavy atom. The van der Waals surface area contributed by atoms with E-state index in [2.05, 4.69) is 5.10 Å². The quantitative estimate of drug-likeness (QED) is 0.529. The van der Waals surface area contributed by atoms with Crippen molar-refractivity contribution in [2.24, 2.45) is 0 Å². The fourth-order valence-electron chi connectivity index (χ4n) is 2.84. The summed E-state index contributed by atoms with van der Waals surface area (Å²) in [6.45, 7) is 0.378. The van der Waals surface area contributed by atoms with Gasteiger partial charge >= 0.3 is 5.97 Å². The van der Waals surface area contributed by atoms with E-state index >= 15 is 0 Å². The Hall–Kier alpha value is -3.61. The van der Waals surface area contributed by atoms with Gasteiger partial charge in [-0.05, 0) is 24.3 Å². The number of para-hydroxylation sites is 1. The number of fused-ring (bicyclic) bond motifs is 1. The topological polar surface area (TPSA) is 79.3 Å². The Labute approximate surface area is 148 Å². The normalized spacial score (nSPS) is 11.0. The van der Waals surface area contributed by atoms with Gasteiger partial charge in [0.25, 0.3) is 5.56 Å². The van der Waals surface area contributed by atoms with Gasteiger partial charge in [-0.3, -0.25) is 4.79 Å². The van der Waals surface area contributed by atoms with Crippen molar-refractivity contribution in [3.8, 4) is 16.9 Å². The molecule has 3 heterocycles. The van der Waals surface area contributed by atoms with Crippen molar-refractivity contribution in [2.45, 2.75) is 6.54 Å². The van der Waals surface area contributed by atoms with E-state index in [-0.39, 0.29) is 11.1 Å². The zero-order valence-electron chi connectivity index (χ0n) is 14.0. The molecular formula is C19H15N3O4. The van der Waals surface area contributed by atoms with Crippen molar-refractivity contribution >= 4 is 5.97 Å². The van der Waals surface area contributed by atoms with E-state index in [1.54, 1.807) is 41.4 Å². The number of carbonyl (C=O) groups excluding carboxylic acids is 1. The Balaban J connectivity index is 1.91. The van der Waals surface area contributed by atoms with Crippen LogP contribution in [0.5, 0.6) is 0 Å². The molecule has 0 radical (unpaired) electrons. The average molecular weight is 349 g/mol. The summed E-state index contributed by atoms with van der Waals surface area (Å²) in [5.74, 6) is 0.148. The Morgan fingerprint density at radius 3 is 2.65 bits per heavy atom. The van der Waals surface area contributed by atoms with Crippen molar-refractivity contribution < 1.29 is 13.9 Å². The molecule has 0 atom stereocenters. The average Bonchev–Trinajstić information content (AvgIpc) is 3.30. The van der Waals surface area contributed by atoms with Gasteiger partial charge in [0.05, 0.1) is 31.2 Å². The van der Waals surface area contributed by atoms with Crippen LogP contribution in [0, 0.1) is 0 Å². The maximum absolute atomic E-state index is 12.9. The highest BCUT2D eigenvalue weighted by Crippen LogP contribution is 2.23. The molecular weight excluding hydrogens is 334 g/mol. The number of rotatable bonds is 4. The Morgan fingerprint density at radius 1 is 1.15 bits per heavy atom. The minimum atomic E-state index is -0.554. The first-order valence-electron chi connectivity index (χ1n) is 7.96. The molecule has 0 fully saturated rings. The first-order chi connectivity index (χ1) is 12.7. The number of methoxy groups -OCH3 is 1. The molecule has 0 unspecified atom stereocenters. The maximum atomic E-state index is 12.9. The number of carbonyl (C=O) groups is 1.